The van der Waals surface area contributed by atoms with Gasteiger partial charge in [0, 0.05) is 0 Å². The van der Waals surface area contributed by atoms with Crippen LogP contribution in [0.4, 0.5) is 0 Å². The molecule has 0 bridgehead atoms. The molecule has 0 radical (unpaired) electrons. The van der Waals surface area contributed by atoms with Crippen LogP contribution in [0.5, 0.6) is 0 Å². The average Bonchev–Trinajstić information content (AvgIpc) is 1.00. The second-order valence-corrected chi connectivity index (χ2v) is 0. The fourth-order valence-corrected chi connectivity index (χ4v) is 0. The first kappa shape index (κ1) is 16.0. The van der Waals surface area contributed by atoms with E-state index in [2.05, 4.69) is 0 Å². The van der Waals surface area contributed by atoms with Gasteiger partial charge < -0.3 is 2.85 Å². The molecule has 0 aromatic heterocycles. The van der Waals surface area contributed by atoms with Gasteiger partial charge in [0.2, 0.25) is 0 Å². The summed E-state index contributed by atoms with van der Waals surface area (Å²) in [6.45, 7) is 0. The largest absolute Gasteiger partial charge is 2.00 e. The third-order valence-corrected chi connectivity index (χ3v) is 0. The minimum atomic E-state index is 0. The van der Waals surface area contributed by atoms with Crippen molar-refractivity contribution >= 4 is 62.8 Å². The predicted molar refractivity (Wildman–Crippen MR) is 18.6 cm³/mol. The standard InChI is InChI=1S/Al.Nb.O.Sr.5H/q;;;+2;;;;2*-1. The summed E-state index contributed by atoms with van der Waals surface area (Å²) in [5.41, 5.74) is 0. The molecular weight excluding hydrogens is 224 g/mol. The van der Waals surface area contributed by atoms with Crippen LogP contribution in [0, 0.1) is 0 Å². The third kappa shape index (κ3) is 8.82. The Kier molecular flexibility index (Phi) is 70.7. The van der Waals surface area contributed by atoms with E-state index < -0.39 is 0 Å². The van der Waals surface area contributed by atoms with Gasteiger partial charge in [0.25, 0.3) is 0 Å². The maximum absolute atomic E-state index is 8.30. The molecule has 0 N–H and O–H groups in total. The van der Waals surface area contributed by atoms with Crippen molar-refractivity contribution in [2.24, 2.45) is 0 Å². The molecule has 21 valence electrons. The molecule has 1 nitrogen and oxygen atoms in total. The van der Waals surface area contributed by atoms with Crippen LogP contribution >= 0.6 is 0 Å². The van der Waals surface area contributed by atoms with Gasteiger partial charge in [-0.3, -0.25) is 0 Å². The maximum Gasteiger partial charge on any atom is 2.00 e. The van der Waals surface area contributed by atoms with E-state index in [1.54, 1.807) is 0 Å². The van der Waals surface area contributed by atoms with Crippen molar-refractivity contribution < 1.29 is 27.1 Å². The van der Waals surface area contributed by atoms with Crippen molar-refractivity contribution in [1.82, 2.24) is 0 Å². The van der Waals surface area contributed by atoms with Gasteiger partial charge in [0.1, 0.15) is 0 Å². The molecule has 0 atom stereocenters. The molecule has 0 aliphatic heterocycles. The van der Waals surface area contributed by atoms with Gasteiger partial charge in [0.15, 0.2) is 17.4 Å². The Morgan fingerprint density at radius 2 is 1.50 bits per heavy atom. The number of hydrogen-bond donors (Lipinski definition) is 0. The molecule has 4 heavy (non-hydrogen) atoms. The second-order valence-electron chi connectivity index (χ2n) is 0. The van der Waals surface area contributed by atoms with E-state index in [0.29, 0.717) is 21.0 Å². The first-order chi connectivity index (χ1) is 1.00. The van der Waals surface area contributed by atoms with Gasteiger partial charge in [-0.15, -0.1) is 0 Å². The van der Waals surface area contributed by atoms with Crippen LogP contribution in [-0.2, 0) is 24.3 Å². The molecule has 0 aliphatic carbocycles. The molecule has 0 fully saturated rings. The molecule has 0 unspecified atom stereocenters. The monoisotopic (exact) mass is 229 g/mol. The van der Waals surface area contributed by atoms with Crippen LogP contribution in [-0.4, -0.2) is 62.8 Å². The molecule has 0 aliphatic rings. The molecule has 0 saturated carbocycles. The van der Waals surface area contributed by atoms with Gasteiger partial charge in [-0.1, -0.05) is 0 Å². The van der Waals surface area contributed by atoms with E-state index in [4.69, 9.17) is 3.25 Å². The van der Waals surface area contributed by atoms with Gasteiger partial charge in [-0.2, -0.15) is 0 Å². The molecule has 0 heterocycles. The van der Waals surface area contributed by atoms with Crippen LogP contribution < -0.4 is 0 Å². The molecule has 0 spiro atoms. The molecule has 0 saturated heterocycles. The Balaban J connectivity index is -0.000000000833. The fourth-order valence-electron chi connectivity index (χ4n) is 0. The average molecular weight is 229 g/mol. The van der Waals surface area contributed by atoms with Crippen LogP contribution in [0.2, 0.25) is 0 Å². The number of rotatable bonds is 0. The topological polar surface area (TPSA) is 17.1 Å². The summed E-state index contributed by atoms with van der Waals surface area (Å²) in [4.78, 5) is 0. The number of hydrogen-bond acceptors (Lipinski definition) is 1. The van der Waals surface area contributed by atoms with Crippen molar-refractivity contribution in [2.75, 3.05) is 0 Å². The van der Waals surface area contributed by atoms with E-state index in [0.717, 1.165) is 0 Å². The summed E-state index contributed by atoms with van der Waals surface area (Å²) >= 11 is 0.500. The first-order valence-corrected chi connectivity index (χ1v) is 1.08. The molecule has 0 aromatic rings. The van der Waals surface area contributed by atoms with Crippen LogP contribution in [0.3, 0.4) is 0 Å². The van der Waals surface area contributed by atoms with Crippen molar-refractivity contribution in [3.63, 3.8) is 0 Å². The molecule has 0 rings (SSSR count). The third-order valence-electron chi connectivity index (χ3n) is 0. The zero-order valence-corrected chi connectivity index (χ0v) is 7.24. The summed E-state index contributed by atoms with van der Waals surface area (Å²) in [6, 6.07) is 0. The molecule has 0 amide bonds. The summed E-state index contributed by atoms with van der Waals surface area (Å²) in [5, 5.41) is 0. The van der Waals surface area contributed by atoms with E-state index in [-0.39, 0.29) is 65.7 Å². The Labute approximate surface area is 88.1 Å². The summed E-state index contributed by atoms with van der Waals surface area (Å²) in [6.07, 6.45) is 0. The Hall–Kier alpha value is 2.55. The summed E-state index contributed by atoms with van der Waals surface area (Å²) in [5.74, 6) is 0. The SMILES string of the molecule is [AlH3].[H-].[H-].[O]=[Nb].[Sr+2]. The van der Waals surface area contributed by atoms with Crippen molar-refractivity contribution in [2.45, 2.75) is 0 Å². The van der Waals surface area contributed by atoms with E-state index in [1.165, 1.54) is 0 Å². The first-order valence-electron chi connectivity index (χ1n) is 0.183. The molecule has 0 aromatic carbocycles. The maximum atomic E-state index is 8.30. The van der Waals surface area contributed by atoms with E-state index in [9.17, 15) is 0 Å². The van der Waals surface area contributed by atoms with Crippen LogP contribution in [0.15, 0.2) is 0 Å². The van der Waals surface area contributed by atoms with Gasteiger partial charge in [-0.05, 0) is 0 Å². The Morgan fingerprint density at radius 3 is 1.50 bits per heavy atom. The minimum absolute atomic E-state index is 0. The molecule has 4 heteroatoms. The normalized spacial score (nSPS) is 0.750. The van der Waals surface area contributed by atoms with Gasteiger partial charge in [-0.25, -0.2) is 0 Å². The van der Waals surface area contributed by atoms with Crippen molar-refractivity contribution in [1.29, 1.82) is 0 Å². The van der Waals surface area contributed by atoms with Gasteiger partial charge in [0.05, 0.1) is 0 Å². The van der Waals surface area contributed by atoms with E-state index in [1.807, 2.05) is 0 Å². The smallest absolute Gasteiger partial charge is 2.00 e. The van der Waals surface area contributed by atoms with Crippen LogP contribution in [0.1, 0.15) is 2.85 Å². The Bertz CT molecular complexity index is 13.5. The summed E-state index contributed by atoms with van der Waals surface area (Å²) < 4.78 is 8.30. The molecular formula is H5AlNbOSr. The minimum Gasteiger partial charge on any atom is 2.00 e. The zero-order valence-electron chi connectivity index (χ0n) is 3.56. The van der Waals surface area contributed by atoms with Crippen molar-refractivity contribution in [3.8, 4) is 0 Å². The predicted octanol–water partition coefficient (Wildman–Crippen LogP) is -1.46. The van der Waals surface area contributed by atoms with E-state index >= 15 is 0 Å². The fraction of sp³-hybridized carbons (Fsp3) is 0. The summed E-state index contributed by atoms with van der Waals surface area (Å²) in [7, 11) is 0. The quantitative estimate of drug-likeness (QED) is 0.463. The second kappa shape index (κ2) is 17.7. The zero-order chi connectivity index (χ0) is 2.00. The van der Waals surface area contributed by atoms with Gasteiger partial charge >= 0.3 is 69.8 Å². The van der Waals surface area contributed by atoms with Crippen LogP contribution in [0.25, 0.3) is 0 Å². The van der Waals surface area contributed by atoms with Crippen molar-refractivity contribution in [3.05, 3.63) is 0 Å². The Morgan fingerprint density at radius 1 is 1.50 bits per heavy atom.